The Kier molecular flexibility index (Phi) is 6.70. The average Bonchev–Trinajstić information content (AvgIpc) is 3.04. The Bertz CT molecular complexity index is 709. The number of carbonyl (C=O) groups excluding carboxylic acids is 2. The molecule has 0 aromatic heterocycles. The highest BCUT2D eigenvalue weighted by molar-refractivity contribution is 5.77. The van der Waals surface area contributed by atoms with E-state index < -0.39 is 18.2 Å². The zero-order chi connectivity index (χ0) is 20.1. The van der Waals surface area contributed by atoms with Crippen LogP contribution in [-0.2, 0) is 22.4 Å². The average molecular weight is 387 g/mol. The van der Waals surface area contributed by atoms with Crippen LogP contribution in [0.15, 0.2) is 36.4 Å². The lowest BCUT2D eigenvalue weighted by molar-refractivity contribution is -0.125. The smallest absolute Gasteiger partial charge is 0.315 e. The third kappa shape index (κ3) is 5.33. The van der Waals surface area contributed by atoms with E-state index in [-0.39, 0.29) is 37.0 Å². The van der Waals surface area contributed by atoms with Gasteiger partial charge in [-0.25, -0.2) is 4.79 Å². The highest BCUT2D eigenvalue weighted by Gasteiger charge is 2.30. The van der Waals surface area contributed by atoms with Crippen molar-refractivity contribution in [2.24, 2.45) is 0 Å². The Balaban J connectivity index is 1.49. The fourth-order valence-electron chi connectivity index (χ4n) is 3.72. The van der Waals surface area contributed by atoms with Crippen LogP contribution in [0, 0.1) is 0 Å². The van der Waals surface area contributed by atoms with Crippen molar-refractivity contribution in [2.45, 2.75) is 63.4 Å². The molecule has 0 bridgehead atoms. The number of rotatable bonds is 6. The van der Waals surface area contributed by atoms with Gasteiger partial charge in [0.2, 0.25) is 5.91 Å². The fraction of sp³-hybridized carbons (Fsp3) is 0.524. The lowest BCUT2D eigenvalue weighted by atomic mass is 10.0. The molecule has 0 saturated carbocycles. The van der Waals surface area contributed by atoms with Crippen LogP contribution >= 0.6 is 0 Å². The predicted octanol–water partition coefficient (Wildman–Crippen LogP) is 1.05. The molecule has 1 aromatic rings. The molecule has 1 heterocycles. The molecule has 3 amide bonds. The van der Waals surface area contributed by atoms with Crippen molar-refractivity contribution < 1.29 is 19.4 Å². The van der Waals surface area contributed by atoms with E-state index in [9.17, 15) is 14.7 Å². The van der Waals surface area contributed by atoms with Gasteiger partial charge in [0.1, 0.15) is 6.10 Å². The summed E-state index contributed by atoms with van der Waals surface area (Å²) in [5, 5.41) is 18.2. The Morgan fingerprint density at radius 3 is 2.43 bits per heavy atom. The first-order chi connectivity index (χ1) is 13.4. The van der Waals surface area contributed by atoms with Gasteiger partial charge in [-0.2, -0.15) is 0 Å². The topological polar surface area (TPSA) is 99.7 Å². The Morgan fingerprint density at radius 2 is 1.82 bits per heavy atom. The fourth-order valence-corrected chi connectivity index (χ4v) is 3.72. The van der Waals surface area contributed by atoms with Gasteiger partial charge >= 0.3 is 6.03 Å². The highest BCUT2D eigenvalue weighted by atomic mass is 16.5. The molecule has 1 aliphatic carbocycles. The minimum atomic E-state index is -0.587. The molecular formula is C21H29N3O4. The van der Waals surface area contributed by atoms with Crippen LogP contribution in [0.4, 0.5) is 4.79 Å². The maximum atomic E-state index is 12.4. The van der Waals surface area contributed by atoms with Crippen molar-refractivity contribution in [3.8, 4) is 0 Å². The maximum Gasteiger partial charge on any atom is 0.315 e. The molecule has 152 valence electrons. The summed E-state index contributed by atoms with van der Waals surface area (Å²) >= 11 is 0. The van der Waals surface area contributed by atoms with Crippen LogP contribution in [-0.4, -0.2) is 54.0 Å². The van der Waals surface area contributed by atoms with Gasteiger partial charge in [0.05, 0.1) is 25.2 Å². The second-order valence-electron chi connectivity index (χ2n) is 7.72. The molecule has 0 unspecified atom stereocenters. The summed E-state index contributed by atoms with van der Waals surface area (Å²) < 4.78 is 5.81. The number of ether oxygens (including phenoxy) is 1. The summed E-state index contributed by atoms with van der Waals surface area (Å²) in [6.45, 7) is 3.49. The van der Waals surface area contributed by atoms with Crippen LogP contribution in [0.5, 0.6) is 0 Å². The van der Waals surface area contributed by atoms with Crippen LogP contribution in [0.25, 0.3) is 0 Å². The summed E-state index contributed by atoms with van der Waals surface area (Å²) in [5.74, 6) is -0.0758. The minimum absolute atomic E-state index is 0.0132. The molecule has 7 heteroatoms. The van der Waals surface area contributed by atoms with Crippen molar-refractivity contribution in [2.75, 3.05) is 6.61 Å². The van der Waals surface area contributed by atoms with Gasteiger partial charge in [-0.3, -0.25) is 4.79 Å². The quantitative estimate of drug-likeness (QED) is 0.548. The van der Waals surface area contributed by atoms with Crippen molar-refractivity contribution in [1.29, 1.82) is 0 Å². The van der Waals surface area contributed by atoms with Gasteiger partial charge in [-0.15, -0.1) is 0 Å². The molecule has 3 rings (SSSR count). The first-order valence-electron chi connectivity index (χ1n) is 9.82. The second kappa shape index (κ2) is 9.21. The molecule has 2 aliphatic rings. The standard InChI is InChI=1S/C21H29N3O4/c1-13(2)22-21(27)24-18-8-7-17(28-19(18)12-25)11-20(26)23-16-9-14-5-3-4-6-15(14)10-16/h3-8,13,16-19,25H,9-12H2,1-2H3,(H,23,26)(H2,22,24,27)/t17-,18+,19-/m0/s1. The minimum Gasteiger partial charge on any atom is -0.394 e. The summed E-state index contributed by atoms with van der Waals surface area (Å²) in [6.07, 6.45) is 4.43. The summed E-state index contributed by atoms with van der Waals surface area (Å²) in [7, 11) is 0. The maximum absolute atomic E-state index is 12.4. The van der Waals surface area contributed by atoms with Crippen LogP contribution in [0.3, 0.4) is 0 Å². The first kappa shape index (κ1) is 20.4. The van der Waals surface area contributed by atoms with E-state index in [1.165, 1.54) is 11.1 Å². The number of benzene rings is 1. The molecule has 1 aliphatic heterocycles. The van der Waals surface area contributed by atoms with E-state index in [2.05, 4.69) is 28.1 Å². The van der Waals surface area contributed by atoms with E-state index in [1.54, 1.807) is 12.2 Å². The summed E-state index contributed by atoms with van der Waals surface area (Å²) in [6, 6.07) is 7.61. The lowest BCUT2D eigenvalue weighted by Gasteiger charge is -2.32. The Morgan fingerprint density at radius 1 is 1.14 bits per heavy atom. The SMILES string of the molecule is CC(C)NC(=O)N[C@@H]1C=C[C@@H](CC(=O)NC2Cc3ccccc3C2)O[C@H]1CO. The summed E-state index contributed by atoms with van der Waals surface area (Å²) in [5.41, 5.74) is 2.58. The van der Waals surface area contributed by atoms with Crippen molar-refractivity contribution in [3.63, 3.8) is 0 Å². The van der Waals surface area contributed by atoms with Gasteiger partial charge in [0.25, 0.3) is 0 Å². The molecule has 1 aromatic carbocycles. The number of hydrogen-bond donors (Lipinski definition) is 4. The Hall–Kier alpha value is -2.38. The molecule has 7 nitrogen and oxygen atoms in total. The van der Waals surface area contributed by atoms with E-state index in [0.29, 0.717) is 0 Å². The number of nitrogens with one attached hydrogen (secondary N) is 3. The van der Waals surface area contributed by atoms with Crippen LogP contribution in [0.2, 0.25) is 0 Å². The third-order valence-corrected chi connectivity index (χ3v) is 4.98. The summed E-state index contributed by atoms with van der Waals surface area (Å²) in [4.78, 5) is 24.3. The molecule has 28 heavy (non-hydrogen) atoms. The van der Waals surface area contributed by atoms with E-state index in [1.807, 2.05) is 26.0 Å². The highest BCUT2D eigenvalue weighted by Crippen LogP contribution is 2.22. The number of urea groups is 1. The first-order valence-corrected chi connectivity index (χ1v) is 9.82. The molecular weight excluding hydrogens is 358 g/mol. The molecule has 3 atom stereocenters. The number of hydrogen-bond acceptors (Lipinski definition) is 4. The van der Waals surface area contributed by atoms with Crippen molar-refractivity contribution in [1.82, 2.24) is 16.0 Å². The van der Waals surface area contributed by atoms with Gasteiger partial charge in [-0.1, -0.05) is 36.4 Å². The monoisotopic (exact) mass is 387 g/mol. The number of fused-ring (bicyclic) bond motifs is 1. The van der Waals surface area contributed by atoms with Crippen LogP contribution < -0.4 is 16.0 Å². The molecule has 0 saturated heterocycles. The normalized spacial score (nSPS) is 24.1. The molecule has 4 N–H and O–H groups in total. The molecule has 0 spiro atoms. The second-order valence-corrected chi connectivity index (χ2v) is 7.72. The predicted molar refractivity (Wildman–Crippen MR) is 106 cm³/mol. The number of amides is 3. The van der Waals surface area contributed by atoms with Gasteiger partial charge in [-0.05, 0) is 37.8 Å². The van der Waals surface area contributed by atoms with Crippen molar-refractivity contribution >= 4 is 11.9 Å². The lowest BCUT2D eigenvalue weighted by Crippen LogP contribution is -2.52. The van der Waals surface area contributed by atoms with Crippen LogP contribution in [0.1, 0.15) is 31.4 Å². The zero-order valence-corrected chi connectivity index (χ0v) is 16.4. The van der Waals surface area contributed by atoms with Gasteiger partial charge in [0, 0.05) is 12.1 Å². The van der Waals surface area contributed by atoms with E-state index in [0.717, 1.165) is 12.8 Å². The molecule has 0 radical (unpaired) electrons. The third-order valence-electron chi connectivity index (χ3n) is 4.98. The van der Waals surface area contributed by atoms with Gasteiger partial charge < -0.3 is 25.8 Å². The zero-order valence-electron chi connectivity index (χ0n) is 16.4. The van der Waals surface area contributed by atoms with Gasteiger partial charge in [0.15, 0.2) is 0 Å². The largest absolute Gasteiger partial charge is 0.394 e. The van der Waals surface area contributed by atoms with E-state index >= 15 is 0 Å². The number of aliphatic hydroxyl groups excluding tert-OH is 1. The molecule has 0 fully saturated rings. The number of carbonyl (C=O) groups is 2. The van der Waals surface area contributed by atoms with E-state index in [4.69, 9.17) is 4.74 Å². The Labute approximate surface area is 165 Å². The van der Waals surface area contributed by atoms with Crippen molar-refractivity contribution in [3.05, 3.63) is 47.5 Å². The number of aliphatic hydroxyl groups is 1.